The number of hydrogen-bond acceptors (Lipinski definition) is 11. The molecule has 1 saturated heterocycles. The smallest absolute Gasteiger partial charge is 0.413 e. The summed E-state index contributed by atoms with van der Waals surface area (Å²) in [5.41, 5.74) is 7.12. The van der Waals surface area contributed by atoms with Crippen molar-refractivity contribution in [2.75, 3.05) is 31.3 Å². The van der Waals surface area contributed by atoms with Crippen molar-refractivity contribution < 1.29 is 28.2 Å². The second kappa shape index (κ2) is 11.9. The highest BCUT2D eigenvalue weighted by Crippen LogP contribution is 2.46. The maximum absolute atomic E-state index is 13.7. The third-order valence-corrected chi connectivity index (χ3v) is 7.50. The van der Waals surface area contributed by atoms with Crippen LogP contribution in [0.1, 0.15) is 39.8 Å². The Morgan fingerprint density at radius 1 is 1.24 bits per heavy atom. The Hall–Kier alpha value is -2.80. The Kier molecular flexibility index (Phi) is 8.86. The minimum atomic E-state index is -3.92. The van der Waals surface area contributed by atoms with Gasteiger partial charge in [-0.1, -0.05) is 18.2 Å². The first kappa shape index (κ1) is 28.2. The lowest BCUT2D eigenvalue weighted by Crippen LogP contribution is -2.40. The molecule has 0 saturated carbocycles. The summed E-state index contributed by atoms with van der Waals surface area (Å²) < 4.78 is 38.7. The number of imidazole rings is 1. The van der Waals surface area contributed by atoms with Crippen LogP contribution in [-0.4, -0.2) is 69.9 Å². The number of rotatable bonds is 12. The van der Waals surface area contributed by atoms with Crippen LogP contribution in [0.5, 0.6) is 5.75 Å². The van der Waals surface area contributed by atoms with Gasteiger partial charge in [-0.3, -0.25) is 9.09 Å². The van der Waals surface area contributed by atoms with E-state index in [2.05, 4.69) is 20.0 Å². The first-order valence-electron chi connectivity index (χ1n) is 12.5. The minimum absolute atomic E-state index is 0.00579. The van der Waals surface area contributed by atoms with E-state index >= 15 is 0 Å². The molecule has 4 rings (SSSR count). The third kappa shape index (κ3) is 6.79. The van der Waals surface area contributed by atoms with Crippen LogP contribution in [0.4, 0.5) is 11.8 Å². The fourth-order valence-corrected chi connectivity index (χ4v) is 5.62. The van der Waals surface area contributed by atoms with E-state index in [9.17, 15) is 9.67 Å². The predicted molar refractivity (Wildman–Crippen MR) is 143 cm³/mol. The summed E-state index contributed by atoms with van der Waals surface area (Å²) in [6.45, 7) is 5.23. The SMILES string of the molecule is CC(C)OC(O)[C@H](C)N[P@](=O)(OC[C@@H]1CC[C@H](n2cnc3c(N(C)C)nc(N)nc32)O1)Oc1ccccc1. The van der Waals surface area contributed by atoms with Crippen LogP contribution in [0.15, 0.2) is 36.7 Å². The van der Waals surface area contributed by atoms with Gasteiger partial charge in [0.15, 0.2) is 23.3 Å². The maximum atomic E-state index is 13.7. The molecule has 3 heterocycles. The van der Waals surface area contributed by atoms with E-state index in [0.717, 1.165) is 0 Å². The average Bonchev–Trinajstić information content (AvgIpc) is 3.49. The van der Waals surface area contributed by atoms with Crippen LogP contribution in [0, 0.1) is 0 Å². The highest BCUT2D eigenvalue weighted by atomic mass is 31.2. The molecule has 1 aliphatic heterocycles. The second-order valence-electron chi connectivity index (χ2n) is 9.60. The molecule has 0 radical (unpaired) electrons. The lowest BCUT2D eigenvalue weighted by atomic mass is 10.2. The van der Waals surface area contributed by atoms with E-state index in [1.54, 1.807) is 51.4 Å². The Morgan fingerprint density at radius 2 is 1.97 bits per heavy atom. The quantitative estimate of drug-likeness (QED) is 0.224. The monoisotopic (exact) mass is 549 g/mol. The first-order chi connectivity index (χ1) is 18.0. The largest absolute Gasteiger partial charge is 0.459 e. The van der Waals surface area contributed by atoms with Gasteiger partial charge in [0.1, 0.15) is 12.0 Å². The van der Waals surface area contributed by atoms with Crippen molar-refractivity contribution in [1.29, 1.82) is 0 Å². The summed E-state index contributed by atoms with van der Waals surface area (Å²) in [5, 5.41) is 13.1. The minimum Gasteiger partial charge on any atom is -0.413 e. The van der Waals surface area contributed by atoms with Gasteiger partial charge in [-0.2, -0.15) is 9.97 Å². The Bertz CT molecular complexity index is 1260. The number of fused-ring (bicyclic) bond motifs is 1. The molecule has 3 aromatic rings. The number of hydrogen-bond donors (Lipinski definition) is 3. The van der Waals surface area contributed by atoms with Gasteiger partial charge in [0, 0.05) is 14.1 Å². The van der Waals surface area contributed by atoms with Crippen molar-refractivity contribution in [3.8, 4) is 5.75 Å². The maximum Gasteiger partial charge on any atom is 0.459 e. The molecular formula is C24H36N7O6P. The zero-order chi connectivity index (χ0) is 27.4. The second-order valence-corrected chi connectivity index (χ2v) is 11.3. The Balaban J connectivity index is 1.45. The number of nitrogen functional groups attached to an aromatic ring is 1. The molecule has 4 N–H and O–H groups in total. The first-order valence-corrected chi connectivity index (χ1v) is 14.0. The summed E-state index contributed by atoms with van der Waals surface area (Å²) in [6.07, 6.45) is 0.798. The van der Waals surface area contributed by atoms with Gasteiger partial charge >= 0.3 is 7.75 Å². The number of nitrogens with one attached hydrogen (secondary N) is 1. The van der Waals surface area contributed by atoms with Crippen LogP contribution in [0.3, 0.4) is 0 Å². The van der Waals surface area contributed by atoms with Crippen LogP contribution in [-0.2, 0) is 18.6 Å². The van der Waals surface area contributed by atoms with E-state index in [4.69, 9.17) is 24.3 Å². The van der Waals surface area contributed by atoms with Crippen LogP contribution in [0.2, 0.25) is 0 Å². The molecule has 38 heavy (non-hydrogen) atoms. The molecular weight excluding hydrogens is 513 g/mol. The number of para-hydroxylation sites is 1. The number of nitrogens with two attached hydrogens (primary N) is 1. The molecule has 1 aromatic carbocycles. The molecule has 208 valence electrons. The van der Waals surface area contributed by atoms with Gasteiger partial charge in [0.2, 0.25) is 5.95 Å². The van der Waals surface area contributed by atoms with E-state index in [0.29, 0.717) is 35.6 Å². The Labute approximate surface area is 221 Å². The van der Waals surface area contributed by atoms with Crippen molar-refractivity contribution in [2.45, 2.75) is 64.4 Å². The zero-order valence-corrected chi connectivity index (χ0v) is 23.1. The van der Waals surface area contributed by atoms with Crippen molar-refractivity contribution in [3.63, 3.8) is 0 Å². The molecule has 0 bridgehead atoms. The molecule has 0 spiro atoms. The number of ether oxygens (including phenoxy) is 2. The molecule has 0 aliphatic carbocycles. The Morgan fingerprint density at radius 3 is 2.66 bits per heavy atom. The van der Waals surface area contributed by atoms with E-state index in [1.807, 2.05) is 29.6 Å². The summed E-state index contributed by atoms with van der Waals surface area (Å²) in [5.74, 6) is 1.12. The summed E-state index contributed by atoms with van der Waals surface area (Å²) in [7, 11) is -0.203. The molecule has 13 nitrogen and oxygen atoms in total. The van der Waals surface area contributed by atoms with Crippen molar-refractivity contribution in [1.82, 2.24) is 24.6 Å². The molecule has 1 unspecified atom stereocenters. The highest BCUT2D eigenvalue weighted by Gasteiger charge is 2.35. The van der Waals surface area contributed by atoms with Gasteiger partial charge in [-0.15, -0.1) is 0 Å². The predicted octanol–water partition coefficient (Wildman–Crippen LogP) is 3.08. The topological polar surface area (TPSA) is 159 Å². The molecule has 0 amide bonds. The number of aromatic nitrogens is 4. The van der Waals surface area contributed by atoms with Gasteiger partial charge in [0.05, 0.1) is 31.2 Å². The van der Waals surface area contributed by atoms with Crippen LogP contribution < -0.4 is 20.2 Å². The number of anilines is 2. The fourth-order valence-electron chi connectivity index (χ4n) is 4.06. The van der Waals surface area contributed by atoms with Gasteiger partial charge in [-0.05, 0) is 45.7 Å². The van der Waals surface area contributed by atoms with Crippen LogP contribution in [0.25, 0.3) is 11.2 Å². The van der Waals surface area contributed by atoms with Crippen molar-refractivity contribution in [3.05, 3.63) is 36.7 Å². The lowest BCUT2D eigenvalue weighted by Gasteiger charge is -2.27. The average molecular weight is 550 g/mol. The van der Waals surface area contributed by atoms with E-state index < -0.39 is 20.1 Å². The van der Waals surface area contributed by atoms with Crippen molar-refractivity contribution in [2.24, 2.45) is 0 Å². The number of benzene rings is 1. The third-order valence-electron chi connectivity index (χ3n) is 5.84. The number of aliphatic hydroxyl groups is 1. The van der Waals surface area contributed by atoms with E-state index in [1.165, 1.54) is 0 Å². The normalized spacial score (nSPS) is 20.9. The summed E-state index contributed by atoms with van der Waals surface area (Å²) >= 11 is 0. The van der Waals surface area contributed by atoms with Gasteiger partial charge in [0.25, 0.3) is 0 Å². The molecule has 1 fully saturated rings. The van der Waals surface area contributed by atoms with Gasteiger partial charge in [-0.25, -0.2) is 14.6 Å². The molecule has 2 aromatic heterocycles. The van der Waals surface area contributed by atoms with E-state index in [-0.39, 0.29) is 31.0 Å². The molecule has 5 atom stereocenters. The highest BCUT2D eigenvalue weighted by molar-refractivity contribution is 7.52. The fraction of sp³-hybridized carbons (Fsp3) is 0.542. The van der Waals surface area contributed by atoms with Crippen LogP contribution >= 0.6 is 7.75 Å². The molecule has 1 aliphatic rings. The summed E-state index contributed by atoms with van der Waals surface area (Å²) in [6, 6.07) is 7.95. The summed E-state index contributed by atoms with van der Waals surface area (Å²) in [4.78, 5) is 14.9. The zero-order valence-electron chi connectivity index (χ0n) is 22.2. The van der Waals surface area contributed by atoms with Gasteiger partial charge < -0.3 is 29.7 Å². The number of nitrogens with zero attached hydrogens (tertiary/aromatic N) is 5. The molecule has 14 heteroatoms. The standard InChI is InChI=1S/C24H36N7O6P/c1-15(2)35-23(32)16(3)29-38(33,37-17-9-7-6-8-10-17)34-13-18-11-12-19(36-18)31-14-26-20-21(30(4)5)27-24(25)28-22(20)31/h6-10,14-16,18-19,23,32H,11-13H2,1-5H3,(H,29,33)(H2,25,27,28)/t16-,18-,19+,23?,38-/m0/s1. The number of aliphatic hydroxyl groups excluding tert-OH is 1. The lowest BCUT2D eigenvalue weighted by molar-refractivity contribution is -0.138. The van der Waals surface area contributed by atoms with Crippen molar-refractivity contribution >= 4 is 30.7 Å².